The van der Waals surface area contributed by atoms with Crippen molar-refractivity contribution in [2.75, 3.05) is 37.9 Å². The molecule has 0 bridgehead atoms. The number of halogens is 1. The van der Waals surface area contributed by atoms with E-state index < -0.39 is 5.60 Å². The maximum Gasteiger partial charge on any atom is 0.146 e. The van der Waals surface area contributed by atoms with Crippen molar-refractivity contribution in [3.05, 3.63) is 10.8 Å². The van der Waals surface area contributed by atoms with E-state index in [0.29, 0.717) is 31.2 Å². The van der Waals surface area contributed by atoms with Gasteiger partial charge in [0.2, 0.25) is 0 Å². The first-order valence-electron chi connectivity index (χ1n) is 5.63. The molecule has 1 rings (SSSR count). The molecule has 1 aromatic heterocycles. The second kappa shape index (κ2) is 6.86. The molecule has 0 amide bonds. The molecule has 1 heterocycles. The van der Waals surface area contributed by atoms with Gasteiger partial charge in [-0.25, -0.2) is 9.97 Å². The molecule has 0 aliphatic heterocycles. The minimum Gasteiger partial charge on any atom is -0.388 e. The molecule has 0 spiro atoms. The standard InChI is InChI=1S/C11H19BrN4O2/c1-11(17,4-5-18-3)6-14-10-8(12)9(13-2)15-7-16-10/h7,17H,4-6H2,1-3H3,(H2,13,14,15,16). The number of nitrogens with zero attached hydrogens (tertiary/aromatic N) is 2. The average molecular weight is 319 g/mol. The zero-order valence-electron chi connectivity index (χ0n) is 10.8. The minimum absolute atomic E-state index is 0.384. The number of anilines is 2. The summed E-state index contributed by atoms with van der Waals surface area (Å²) in [6.07, 6.45) is 2.01. The number of rotatable bonds is 7. The predicted molar refractivity (Wildman–Crippen MR) is 74.9 cm³/mol. The number of methoxy groups -OCH3 is 1. The van der Waals surface area contributed by atoms with Gasteiger partial charge in [0.25, 0.3) is 0 Å². The fourth-order valence-electron chi connectivity index (χ4n) is 1.35. The fourth-order valence-corrected chi connectivity index (χ4v) is 1.90. The molecule has 1 atom stereocenters. The Balaban J connectivity index is 2.63. The molecule has 102 valence electrons. The Labute approximate surface area is 115 Å². The van der Waals surface area contributed by atoms with Gasteiger partial charge >= 0.3 is 0 Å². The Morgan fingerprint density at radius 1 is 1.44 bits per heavy atom. The van der Waals surface area contributed by atoms with Crippen molar-refractivity contribution in [1.82, 2.24) is 9.97 Å². The van der Waals surface area contributed by atoms with E-state index in [0.717, 1.165) is 4.47 Å². The van der Waals surface area contributed by atoms with Gasteiger partial charge in [-0.05, 0) is 22.9 Å². The number of aromatic nitrogens is 2. The fraction of sp³-hybridized carbons (Fsp3) is 0.636. The topological polar surface area (TPSA) is 79.3 Å². The van der Waals surface area contributed by atoms with Gasteiger partial charge in [-0.1, -0.05) is 0 Å². The molecule has 0 fully saturated rings. The molecule has 3 N–H and O–H groups in total. The molecule has 1 aromatic rings. The van der Waals surface area contributed by atoms with Crippen molar-refractivity contribution in [3.63, 3.8) is 0 Å². The summed E-state index contributed by atoms with van der Waals surface area (Å²) in [7, 11) is 3.40. The highest BCUT2D eigenvalue weighted by molar-refractivity contribution is 9.10. The Kier molecular flexibility index (Phi) is 5.77. The Morgan fingerprint density at radius 3 is 2.72 bits per heavy atom. The number of ether oxygens (including phenoxy) is 1. The maximum absolute atomic E-state index is 10.1. The third-order valence-electron chi connectivity index (χ3n) is 2.51. The normalized spacial score (nSPS) is 14.1. The first kappa shape index (κ1) is 15.1. The number of aliphatic hydroxyl groups is 1. The molecule has 0 aliphatic rings. The van der Waals surface area contributed by atoms with E-state index in [4.69, 9.17) is 4.74 Å². The molecule has 7 heteroatoms. The van der Waals surface area contributed by atoms with E-state index in [1.165, 1.54) is 6.33 Å². The lowest BCUT2D eigenvalue weighted by Crippen LogP contribution is -2.35. The van der Waals surface area contributed by atoms with Crippen LogP contribution >= 0.6 is 15.9 Å². The first-order valence-corrected chi connectivity index (χ1v) is 6.43. The van der Waals surface area contributed by atoms with Crippen LogP contribution in [0.25, 0.3) is 0 Å². The van der Waals surface area contributed by atoms with Crippen molar-refractivity contribution in [3.8, 4) is 0 Å². The lowest BCUT2D eigenvalue weighted by molar-refractivity contribution is 0.0357. The Hall–Kier alpha value is -0.920. The monoisotopic (exact) mass is 318 g/mol. The molecule has 0 saturated carbocycles. The van der Waals surface area contributed by atoms with Crippen LogP contribution < -0.4 is 10.6 Å². The second-order valence-corrected chi connectivity index (χ2v) is 5.02. The molecular weight excluding hydrogens is 300 g/mol. The summed E-state index contributed by atoms with van der Waals surface area (Å²) < 4.78 is 5.70. The first-order chi connectivity index (χ1) is 8.50. The van der Waals surface area contributed by atoms with Crippen LogP contribution in [-0.2, 0) is 4.74 Å². The van der Waals surface area contributed by atoms with E-state index in [1.54, 1.807) is 21.1 Å². The summed E-state index contributed by atoms with van der Waals surface area (Å²) in [6.45, 7) is 2.66. The molecule has 1 unspecified atom stereocenters. The highest BCUT2D eigenvalue weighted by atomic mass is 79.9. The lowest BCUT2D eigenvalue weighted by atomic mass is 10.0. The van der Waals surface area contributed by atoms with Crippen LogP contribution in [0.5, 0.6) is 0 Å². The molecule has 0 aromatic carbocycles. The Bertz CT molecular complexity index is 387. The zero-order chi connectivity index (χ0) is 13.6. The van der Waals surface area contributed by atoms with Gasteiger partial charge in [0.15, 0.2) is 0 Å². The molecule has 6 nitrogen and oxygen atoms in total. The second-order valence-electron chi connectivity index (χ2n) is 4.23. The van der Waals surface area contributed by atoms with Gasteiger partial charge in [0.05, 0.1) is 5.60 Å². The Morgan fingerprint density at radius 2 is 2.11 bits per heavy atom. The van der Waals surface area contributed by atoms with E-state index in [-0.39, 0.29) is 0 Å². The summed E-state index contributed by atoms with van der Waals surface area (Å²) in [4.78, 5) is 8.18. The molecule has 0 aliphatic carbocycles. The summed E-state index contributed by atoms with van der Waals surface area (Å²) >= 11 is 3.41. The predicted octanol–water partition coefficient (Wildman–Crippen LogP) is 1.48. The van der Waals surface area contributed by atoms with Crippen LogP contribution in [0.4, 0.5) is 11.6 Å². The molecular formula is C11H19BrN4O2. The van der Waals surface area contributed by atoms with E-state index >= 15 is 0 Å². The van der Waals surface area contributed by atoms with Crippen LogP contribution in [0.15, 0.2) is 10.8 Å². The van der Waals surface area contributed by atoms with Gasteiger partial charge in [-0.3, -0.25) is 0 Å². The smallest absolute Gasteiger partial charge is 0.146 e. The number of hydrogen-bond donors (Lipinski definition) is 3. The van der Waals surface area contributed by atoms with Crippen LogP contribution in [0, 0.1) is 0 Å². The summed E-state index contributed by atoms with van der Waals surface area (Å²) in [5, 5.41) is 16.1. The third kappa shape index (κ3) is 4.40. The van der Waals surface area contributed by atoms with E-state index in [9.17, 15) is 5.11 Å². The van der Waals surface area contributed by atoms with Crippen molar-refractivity contribution in [1.29, 1.82) is 0 Å². The van der Waals surface area contributed by atoms with Crippen molar-refractivity contribution in [2.24, 2.45) is 0 Å². The van der Waals surface area contributed by atoms with Crippen LogP contribution in [-0.4, -0.2) is 48.0 Å². The zero-order valence-corrected chi connectivity index (χ0v) is 12.4. The van der Waals surface area contributed by atoms with Crippen molar-refractivity contribution < 1.29 is 9.84 Å². The largest absolute Gasteiger partial charge is 0.388 e. The highest BCUT2D eigenvalue weighted by Gasteiger charge is 2.20. The summed E-state index contributed by atoms with van der Waals surface area (Å²) in [5.74, 6) is 1.34. The van der Waals surface area contributed by atoms with Crippen LogP contribution in [0.1, 0.15) is 13.3 Å². The third-order valence-corrected chi connectivity index (χ3v) is 3.26. The van der Waals surface area contributed by atoms with Gasteiger partial charge < -0.3 is 20.5 Å². The average Bonchev–Trinajstić information content (AvgIpc) is 2.35. The van der Waals surface area contributed by atoms with Gasteiger partial charge in [-0.2, -0.15) is 0 Å². The minimum atomic E-state index is -0.847. The number of nitrogens with one attached hydrogen (secondary N) is 2. The van der Waals surface area contributed by atoms with E-state index in [1.807, 2.05) is 0 Å². The quantitative estimate of drug-likeness (QED) is 0.706. The SMILES string of the molecule is CNc1ncnc(NCC(C)(O)CCOC)c1Br. The molecule has 0 saturated heterocycles. The van der Waals surface area contributed by atoms with Crippen molar-refractivity contribution >= 4 is 27.6 Å². The van der Waals surface area contributed by atoms with Gasteiger partial charge in [0, 0.05) is 33.7 Å². The van der Waals surface area contributed by atoms with Gasteiger partial charge in [-0.15, -0.1) is 0 Å². The lowest BCUT2D eigenvalue weighted by Gasteiger charge is -2.23. The summed E-state index contributed by atoms with van der Waals surface area (Å²) in [5.41, 5.74) is -0.847. The highest BCUT2D eigenvalue weighted by Crippen LogP contribution is 2.26. The number of hydrogen-bond acceptors (Lipinski definition) is 6. The molecule has 18 heavy (non-hydrogen) atoms. The van der Waals surface area contributed by atoms with Crippen LogP contribution in [0.2, 0.25) is 0 Å². The van der Waals surface area contributed by atoms with Crippen molar-refractivity contribution in [2.45, 2.75) is 18.9 Å². The summed E-state index contributed by atoms with van der Waals surface area (Å²) in [6, 6.07) is 0. The maximum atomic E-state index is 10.1. The molecule has 0 radical (unpaired) electrons. The van der Waals surface area contributed by atoms with Gasteiger partial charge in [0.1, 0.15) is 22.4 Å². The van der Waals surface area contributed by atoms with E-state index in [2.05, 4.69) is 36.5 Å². The van der Waals surface area contributed by atoms with Crippen LogP contribution in [0.3, 0.4) is 0 Å².